The third-order valence-corrected chi connectivity index (χ3v) is 9.92. The topological polar surface area (TPSA) is 158 Å². The third-order valence-electron chi connectivity index (χ3n) is 9.92. The fraction of sp³-hybridized carbons (Fsp3) is 0.282. The number of imide groups is 1. The van der Waals surface area contributed by atoms with Crippen molar-refractivity contribution < 1.29 is 43.2 Å². The van der Waals surface area contributed by atoms with E-state index < -0.39 is 59.4 Å². The van der Waals surface area contributed by atoms with E-state index in [1.54, 1.807) is 48.5 Å². The molecule has 7 rings (SSSR count). The molecule has 2 fully saturated rings. The minimum absolute atomic E-state index is 0.0668. The number of esters is 1. The van der Waals surface area contributed by atoms with E-state index in [-0.39, 0.29) is 32.1 Å². The molecule has 0 saturated carbocycles. The normalized spacial score (nSPS) is 25.3. The van der Waals surface area contributed by atoms with E-state index in [0.717, 1.165) is 10.5 Å². The number of para-hydroxylation sites is 1. The highest BCUT2D eigenvalue weighted by molar-refractivity contribution is 6.23. The van der Waals surface area contributed by atoms with Crippen LogP contribution < -0.4 is 15.4 Å². The van der Waals surface area contributed by atoms with E-state index in [1.807, 2.05) is 65.6 Å². The number of anilines is 1. The lowest BCUT2D eigenvalue weighted by Crippen LogP contribution is -2.55. The van der Waals surface area contributed by atoms with Gasteiger partial charge in [-0.15, -0.1) is 0 Å². The molecule has 6 unspecified atom stereocenters. The van der Waals surface area contributed by atoms with Crippen LogP contribution in [0.4, 0.5) is 10.5 Å². The molecule has 0 bridgehead atoms. The average Bonchev–Trinajstić information content (AvgIpc) is 3.61. The Morgan fingerprint density at radius 1 is 0.804 bits per heavy atom. The number of fused-ring (bicyclic) bond motifs is 3. The second-order valence-electron chi connectivity index (χ2n) is 12.6. The maximum atomic E-state index is 15.4. The van der Waals surface area contributed by atoms with E-state index >= 15 is 4.79 Å². The molecule has 4 aromatic rings. The van der Waals surface area contributed by atoms with Crippen LogP contribution in [-0.2, 0) is 34.0 Å². The number of benzene rings is 4. The van der Waals surface area contributed by atoms with Gasteiger partial charge in [-0.3, -0.25) is 19.3 Å². The second-order valence-corrected chi connectivity index (χ2v) is 12.6. The van der Waals surface area contributed by atoms with Crippen LogP contribution in [0.5, 0.6) is 5.75 Å². The summed E-state index contributed by atoms with van der Waals surface area (Å²) in [7, 11) is 1.46. The summed E-state index contributed by atoms with van der Waals surface area (Å²) in [5.74, 6) is -3.41. The first-order chi connectivity index (χ1) is 24.8. The number of methoxy groups -OCH3 is 1. The zero-order valence-corrected chi connectivity index (χ0v) is 27.8. The summed E-state index contributed by atoms with van der Waals surface area (Å²) < 4.78 is 22.5. The molecule has 51 heavy (non-hydrogen) atoms. The van der Waals surface area contributed by atoms with Gasteiger partial charge < -0.3 is 29.8 Å². The highest BCUT2D eigenvalue weighted by Gasteiger charge is 2.75. The highest BCUT2D eigenvalue weighted by atomic mass is 16.6. The Balaban J connectivity index is 1.51. The molecular weight excluding hydrogens is 654 g/mol. The number of hydrogen-bond donors (Lipinski definition) is 2. The van der Waals surface area contributed by atoms with Crippen LogP contribution in [0, 0.1) is 5.92 Å². The lowest BCUT2D eigenvalue weighted by molar-refractivity contribution is -0.178. The largest absolute Gasteiger partial charge is 0.491 e. The van der Waals surface area contributed by atoms with Crippen molar-refractivity contribution in [1.29, 1.82) is 0 Å². The van der Waals surface area contributed by atoms with Crippen molar-refractivity contribution >= 4 is 29.6 Å². The van der Waals surface area contributed by atoms with E-state index in [9.17, 15) is 19.5 Å². The van der Waals surface area contributed by atoms with Gasteiger partial charge in [0.2, 0.25) is 11.8 Å². The van der Waals surface area contributed by atoms with E-state index in [0.29, 0.717) is 22.4 Å². The minimum Gasteiger partial charge on any atom is -0.491 e. The molecule has 3 aliphatic heterocycles. The molecule has 0 aromatic heterocycles. The fourth-order valence-corrected chi connectivity index (χ4v) is 8.06. The van der Waals surface area contributed by atoms with Gasteiger partial charge in [-0.1, -0.05) is 91.0 Å². The van der Waals surface area contributed by atoms with Crippen LogP contribution in [0.15, 0.2) is 109 Å². The number of morpholine rings is 1. The van der Waals surface area contributed by atoms with Crippen LogP contribution in [0.2, 0.25) is 0 Å². The van der Waals surface area contributed by atoms with Crippen LogP contribution in [0.25, 0.3) is 0 Å². The molecule has 0 radical (unpaired) electrons. The number of carbonyl (C=O) groups is 4. The number of nitrogens with two attached hydrogens (primary N) is 1. The van der Waals surface area contributed by atoms with Crippen molar-refractivity contribution in [2.24, 2.45) is 11.7 Å². The Hall–Kier alpha value is -5.56. The summed E-state index contributed by atoms with van der Waals surface area (Å²) in [4.78, 5) is 60.4. The Morgan fingerprint density at radius 3 is 2.10 bits per heavy atom. The molecule has 12 heteroatoms. The van der Waals surface area contributed by atoms with Crippen molar-refractivity contribution in [3.8, 4) is 5.75 Å². The van der Waals surface area contributed by atoms with Crippen LogP contribution in [0.3, 0.4) is 0 Å². The van der Waals surface area contributed by atoms with Gasteiger partial charge in [-0.05, 0) is 40.5 Å². The van der Waals surface area contributed by atoms with Gasteiger partial charge in [-0.25, -0.2) is 9.69 Å². The standard InChI is InChI=1S/C39H37N3O9/c1-48-22-23-50-38(47)41-29-15-9-8-14-28(29)39(37(41)46)30(35(40)44)32-36(45)51-33(25-12-6-3-7-13-25)31(24-10-4-2-5-11-24)42(32)34(39)26-16-18-27(19-17-26)49-21-20-43/h2-19,30-34,43H,20-23H2,1H3,(H2,40,44). The average molecular weight is 692 g/mol. The van der Waals surface area contributed by atoms with E-state index in [1.165, 1.54) is 7.11 Å². The van der Waals surface area contributed by atoms with Gasteiger partial charge in [-0.2, -0.15) is 0 Å². The number of primary amides is 1. The monoisotopic (exact) mass is 691 g/mol. The van der Waals surface area contributed by atoms with Crippen molar-refractivity contribution in [2.45, 2.75) is 29.6 Å². The zero-order valence-electron chi connectivity index (χ0n) is 27.8. The number of cyclic esters (lactones) is 1. The number of aliphatic hydroxyl groups is 1. The Bertz CT molecular complexity index is 1920. The Kier molecular flexibility index (Phi) is 9.30. The fourth-order valence-electron chi connectivity index (χ4n) is 8.06. The van der Waals surface area contributed by atoms with Crippen molar-refractivity contribution in [2.75, 3.05) is 38.4 Å². The smallest absolute Gasteiger partial charge is 0.421 e. The van der Waals surface area contributed by atoms with Crippen LogP contribution in [0.1, 0.15) is 40.4 Å². The van der Waals surface area contributed by atoms with Crippen molar-refractivity contribution in [1.82, 2.24) is 4.90 Å². The SMILES string of the molecule is COCCOC(=O)N1C(=O)C2(c3ccccc31)C(C(N)=O)C1C(=O)OC(c3ccccc3)C(c3ccccc3)N1C2c1ccc(OCCO)cc1. The third kappa shape index (κ3) is 5.52. The number of ether oxygens (including phenoxy) is 4. The highest BCUT2D eigenvalue weighted by Crippen LogP contribution is 2.65. The van der Waals surface area contributed by atoms with Gasteiger partial charge in [0, 0.05) is 7.11 Å². The van der Waals surface area contributed by atoms with Gasteiger partial charge in [0.15, 0.2) is 0 Å². The summed E-state index contributed by atoms with van der Waals surface area (Å²) in [5.41, 5.74) is 7.00. The van der Waals surface area contributed by atoms with Gasteiger partial charge in [0.1, 0.15) is 36.5 Å². The first-order valence-electron chi connectivity index (χ1n) is 16.6. The Labute approximate surface area is 294 Å². The lowest BCUT2D eigenvalue weighted by atomic mass is 9.65. The molecule has 3 N–H and O–H groups in total. The lowest BCUT2D eigenvalue weighted by Gasteiger charge is -2.46. The molecule has 6 atom stereocenters. The maximum absolute atomic E-state index is 15.4. The molecule has 0 aliphatic carbocycles. The maximum Gasteiger partial charge on any atom is 0.421 e. The van der Waals surface area contributed by atoms with Gasteiger partial charge >= 0.3 is 12.1 Å². The van der Waals surface area contributed by atoms with E-state index in [2.05, 4.69) is 0 Å². The molecule has 3 heterocycles. The molecule has 3 aliphatic rings. The van der Waals surface area contributed by atoms with Gasteiger partial charge in [0.25, 0.3) is 0 Å². The molecular formula is C39H37N3O9. The summed E-state index contributed by atoms with van der Waals surface area (Å²) in [6.45, 7) is -0.148. The van der Waals surface area contributed by atoms with E-state index in [4.69, 9.17) is 24.7 Å². The predicted molar refractivity (Wildman–Crippen MR) is 183 cm³/mol. The summed E-state index contributed by atoms with van der Waals surface area (Å²) in [6, 6.07) is 29.2. The molecule has 4 aromatic carbocycles. The first kappa shape index (κ1) is 33.9. The number of aliphatic hydroxyl groups excluding tert-OH is 1. The quantitative estimate of drug-likeness (QED) is 0.184. The van der Waals surface area contributed by atoms with Crippen LogP contribution in [-0.4, -0.2) is 73.5 Å². The minimum atomic E-state index is -1.89. The zero-order chi connectivity index (χ0) is 35.7. The van der Waals surface area contributed by atoms with Gasteiger partial charge in [0.05, 0.1) is 36.9 Å². The molecule has 1 spiro atoms. The first-order valence-corrected chi connectivity index (χ1v) is 16.6. The molecule has 12 nitrogen and oxygen atoms in total. The number of amides is 3. The predicted octanol–water partition coefficient (Wildman–Crippen LogP) is 3.99. The number of hydrogen-bond acceptors (Lipinski definition) is 10. The Morgan fingerprint density at radius 2 is 1.45 bits per heavy atom. The molecule has 2 saturated heterocycles. The summed E-state index contributed by atoms with van der Waals surface area (Å²) in [6.07, 6.45) is -1.80. The summed E-state index contributed by atoms with van der Waals surface area (Å²) in [5, 5.41) is 9.34. The summed E-state index contributed by atoms with van der Waals surface area (Å²) >= 11 is 0. The van der Waals surface area contributed by atoms with Crippen molar-refractivity contribution in [3.05, 3.63) is 131 Å². The second kappa shape index (κ2) is 14.0. The number of nitrogens with zero attached hydrogens (tertiary/aromatic N) is 2. The molecule has 262 valence electrons. The number of carbonyl (C=O) groups excluding carboxylic acids is 4. The van der Waals surface area contributed by atoms with Crippen LogP contribution >= 0.6 is 0 Å². The number of rotatable bonds is 10. The van der Waals surface area contributed by atoms with Crippen molar-refractivity contribution in [3.63, 3.8) is 0 Å². The molecule has 3 amide bonds.